The minimum absolute atomic E-state index is 0.0469. The van der Waals surface area contributed by atoms with Crippen molar-refractivity contribution in [1.82, 2.24) is 9.88 Å². The summed E-state index contributed by atoms with van der Waals surface area (Å²) < 4.78 is 0. The molecule has 0 bridgehead atoms. The van der Waals surface area contributed by atoms with Crippen molar-refractivity contribution in [3.8, 4) is 0 Å². The number of carbonyl (C=O) groups excluding carboxylic acids is 1. The Hall–Kier alpha value is -1.88. The number of aromatic nitrogens is 1. The van der Waals surface area contributed by atoms with Crippen LogP contribution < -0.4 is 5.73 Å². The molecule has 0 aliphatic rings. The van der Waals surface area contributed by atoms with E-state index < -0.39 is 0 Å². The first-order chi connectivity index (χ1) is 8.18. The number of rotatable bonds is 3. The van der Waals surface area contributed by atoms with Crippen LogP contribution in [0.5, 0.6) is 0 Å². The van der Waals surface area contributed by atoms with Crippen molar-refractivity contribution in [3.05, 3.63) is 46.4 Å². The number of hydrogen-bond donors (Lipinski definition) is 1. The Morgan fingerprint density at radius 1 is 1.41 bits per heavy atom. The first-order valence-electron chi connectivity index (χ1n) is 5.16. The number of pyridine rings is 1. The average Bonchev–Trinajstić information content (AvgIpc) is 2.76. The monoisotopic (exact) mass is 247 g/mol. The lowest BCUT2D eigenvalue weighted by atomic mass is 10.2. The van der Waals surface area contributed by atoms with E-state index in [0.29, 0.717) is 17.1 Å². The van der Waals surface area contributed by atoms with Gasteiger partial charge in [-0.2, -0.15) is 0 Å². The predicted molar refractivity (Wildman–Crippen MR) is 68.8 cm³/mol. The number of nitrogen functional groups attached to an aromatic ring is 1. The van der Waals surface area contributed by atoms with Gasteiger partial charge in [0.15, 0.2) is 0 Å². The summed E-state index contributed by atoms with van der Waals surface area (Å²) in [5, 5.41) is 1.82. The van der Waals surface area contributed by atoms with Crippen molar-refractivity contribution in [2.45, 2.75) is 6.54 Å². The standard InChI is InChI=1S/C12H13N3OS/c1-15(8-9-2-5-14-6-3-9)12(16)11-10(13)4-7-17-11/h2-7H,8,13H2,1H3. The van der Waals surface area contributed by atoms with Gasteiger partial charge < -0.3 is 10.6 Å². The number of anilines is 1. The first kappa shape index (κ1) is 11.6. The average molecular weight is 247 g/mol. The van der Waals surface area contributed by atoms with Gasteiger partial charge in [-0.1, -0.05) is 0 Å². The summed E-state index contributed by atoms with van der Waals surface area (Å²) in [7, 11) is 1.77. The van der Waals surface area contributed by atoms with E-state index in [9.17, 15) is 4.79 Å². The molecule has 0 saturated carbocycles. The Kier molecular flexibility index (Phi) is 3.39. The van der Waals surface area contributed by atoms with Gasteiger partial charge in [-0.3, -0.25) is 9.78 Å². The van der Waals surface area contributed by atoms with Crippen molar-refractivity contribution >= 4 is 22.9 Å². The van der Waals surface area contributed by atoms with Crippen LogP contribution in [0.4, 0.5) is 5.69 Å². The Morgan fingerprint density at radius 2 is 2.12 bits per heavy atom. The summed E-state index contributed by atoms with van der Waals surface area (Å²) >= 11 is 1.37. The van der Waals surface area contributed by atoms with Gasteiger partial charge in [-0.05, 0) is 29.1 Å². The topological polar surface area (TPSA) is 59.2 Å². The van der Waals surface area contributed by atoms with E-state index in [-0.39, 0.29) is 5.91 Å². The van der Waals surface area contributed by atoms with Gasteiger partial charge in [0, 0.05) is 26.0 Å². The van der Waals surface area contributed by atoms with Crippen LogP contribution in [0.25, 0.3) is 0 Å². The molecule has 0 unspecified atom stereocenters. The number of amides is 1. The lowest BCUT2D eigenvalue weighted by Crippen LogP contribution is -2.26. The SMILES string of the molecule is CN(Cc1ccncc1)C(=O)c1sccc1N. The molecule has 2 aromatic rings. The van der Waals surface area contributed by atoms with Gasteiger partial charge in [0.2, 0.25) is 0 Å². The minimum Gasteiger partial charge on any atom is -0.397 e. The molecule has 0 aliphatic carbocycles. The zero-order chi connectivity index (χ0) is 12.3. The molecule has 4 nitrogen and oxygen atoms in total. The first-order valence-corrected chi connectivity index (χ1v) is 6.04. The minimum atomic E-state index is -0.0469. The lowest BCUT2D eigenvalue weighted by Gasteiger charge is -2.16. The summed E-state index contributed by atoms with van der Waals surface area (Å²) in [5.41, 5.74) is 7.32. The Labute approximate surface area is 104 Å². The Morgan fingerprint density at radius 3 is 2.71 bits per heavy atom. The van der Waals surface area contributed by atoms with Crippen LogP contribution in [0.1, 0.15) is 15.2 Å². The number of hydrogen-bond acceptors (Lipinski definition) is 4. The van der Waals surface area contributed by atoms with Crippen molar-refractivity contribution in [3.63, 3.8) is 0 Å². The molecule has 0 spiro atoms. The molecular weight excluding hydrogens is 234 g/mol. The molecular formula is C12H13N3OS. The summed E-state index contributed by atoms with van der Waals surface area (Å²) in [6, 6.07) is 5.53. The smallest absolute Gasteiger partial charge is 0.266 e. The lowest BCUT2D eigenvalue weighted by molar-refractivity contribution is 0.0791. The molecule has 5 heteroatoms. The highest BCUT2D eigenvalue weighted by Crippen LogP contribution is 2.20. The highest BCUT2D eigenvalue weighted by atomic mass is 32.1. The van der Waals surface area contributed by atoms with E-state index in [1.54, 1.807) is 30.4 Å². The summed E-state index contributed by atoms with van der Waals surface area (Å²) in [6.45, 7) is 0.554. The van der Waals surface area contributed by atoms with Gasteiger partial charge >= 0.3 is 0 Å². The Bertz CT molecular complexity index is 509. The summed E-state index contributed by atoms with van der Waals surface area (Å²) in [5.74, 6) is -0.0469. The fourth-order valence-corrected chi connectivity index (χ4v) is 2.31. The molecule has 0 aromatic carbocycles. The van der Waals surface area contributed by atoms with Crippen LogP contribution in [0, 0.1) is 0 Å². The second-order valence-electron chi connectivity index (χ2n) is 3.72. The molecule has 2 aromatic heterocycles. The third kappa shape index (κ3) is 2.62. The van der Waals surface area contributed by atoms with Crippen molar-refractivity contribution < 1.29 is 4.79 Å². The summed E-state index contributed by atoms with van der Waals surface area (Å²) in [4.78, 5) is 18.3. The molecule has 2 rings (SSSR count). The zero-order valence-electron chi connectivity index (χ0n) is 9.46. The van der Waals surface area contributed by atoms with Crippen LogP contribution >= 0.6 is 11.3 Å². The van der Waals surface area contributed by atoms with Gasteiger partial charge in [0.05, 0.1) is 5.69 Å². The van der Waals surface area contributed by atoms with Crippen molar-refractivity contribution in [2.24, 2.45) is 0 Å². The number of carbonyl (C=O) groups is 1. The molecule has 0 aliphatic heterocycles. The third-order valence-electron chi connectivity index (χ3n) is 2.41. The van der Waals surface area contributed by atoms with Crippen LogP contribution in [-0.2, 0) is 6.54 Å². The zero-order valence-corrected chi connectivity index (χ0v) is 10.3. The molecule has 0 radical (unpaired) electrons. The fourth-order valence-electron chi connectivity index (χ4n) is 1.50. The van der Waals surface area contributed by atoms with Crippen LogP contribution in [-0.4, -0.2) is 22.8 Å². The number of nitrogens with zero attached hydrogens (tertiary/aromatic N) is 2. The molecule has 1 amide bonds. The van der Waals surface area contributed by atoms with Gasteiger partial charge in [0.1, 0.15) is 4.88 Å². The maximum Gasteiger partial charge on any atom is 0.266 e. The van der Waals surface area contributed by atoms with E-state index >= 15 is 0 Å². The quantitative estimate of drug-likeness (QED) is 0.902. The molecule has 2 heterocycles. The number of thiophene rings is 1. The maximum absolute atomic E-state index is 12.1. The van der Waals surface area contributed by atoms with E-state index in [0.717, 1.165) is 5.56 Å². The van der Waals surface area contributed by atoms with E-state index in [2.05, 4.69) is 4.98 Å². The van der Waals surface area contributed by atoms with E-state index in [1.807, 2.05) is 17.5 Å². The highest BCUT2D eigenvalue weighted by molar-refractivity contribution is 7.12. The molecule has 0 atom stereocenters. The number of nitrogens with two attached hydrogens (primary N) is 1. The Balaban J connectivity index is 2.09. The molecule has 0 fully saturated rings. The third-order valence-corrected chi connectivity index (χ3v) is 3.32. The van der Waals surface area contributed by atoms with E-state index in [1.165, 1.54) is 11.3 Å². The van der Waals surface area contributed by atoms with Crippen LogP contribution in [0.2, 0.25) is 0 Å². The predicted octanol–water partition coefficient (Wildman–Crippen LogP) is 2.00. The fraction of sp³-hybridized carbons (Fsp3) is 0.167. The second-order valence-corrected chi connectivity index (χ2v) is 4.64. The van der Waals surface area contributed by atoms with Crippen LogP contribution in [0.15, 0.2) is 36.0 Å². The normalized spacial score (nSPS) is 10.2. The molecule has 17 heavy (non-hydrogen) atoms. The van der Waals surface area contributed by atoms with Gasteiger partial charge in [0.25, 0.3) is 5.91 Å². The highest BCUT2D eigenvalue weighted by Gasteiger charge is 2.15. The maximum atomic E-state index is 12.1. The van der Waals surface area contributed by atoms with Crippen LogP contribution in [0.3, 0.4) is 0 Å². The molecule has 0 saturated heterocycles. The second kappa shape index (κ2) is 4.97. The molecule has 2 N–H and O–H groups in total. The van der Waals surface area contributed by atoms with Crippen molar-refractivity contribution in [1.29, 1.82) is 0 Å². The molecule has 88 valence electrons. The van der Waals surface area contributed by atoms with Crippen molar-refractivity contribution in [2.75, 3.05) is 12.8 Å². The van der Waals surface area contributed by atoms with E-state index in [4.69, 9.17) is 5.73 Å². The van der Waals surface area contributed by atoms with Gasteiger partial charge in [-0.15, -0.1) is 11.3 Å². The van der Waals surface area contributed by atoms with Gasteiger partial charge in [-0.25, -0.2) is 0 Å². The largest absolute Gasteiger partial charge is 0.397 e. The summed E-state index contributed by atoms with van der Waals surface area (Å²) in [6.07, 6.45) is 3.43.